The van der Waals surface area contributed by atoms with Crippen molar-refractivity contribution in [2.45, 2.75) is 71.1 Å². The lowest BCUT2D eigenvalue weighted by molar-refractivity contribution is -0.151. The van der Waals surface area contributed by atoms with Gasteiger partial charge in [-0.05, 0) is 117 Å². The van der Waals surface area contributed by atoms with Crippen LogP contribution < -0.4 is 5.32 Å². The standard InChI is InChI=1S/C42H40F3N3O4/c1-25-18-26(2)37(27(3)19-25)46-40(52)41(17-16-31-20-29-8-4-5-9-30(29)21-32(31)22-41)48(23-28-12-14-33(15-13-28)42(43,44)45)36(49)24-47-38(50)34-10-6-7-11-35(34)39(47)51/h4-15,18-19,31-32H,16-17,20-24H2,1-3H3,(H,46,52)/t31-,32-,41+/m1/s1. The molecule has 52 heavy (non-hydrogen) atoms. The molecule has 10 heteroatoms. The molecule has 0 saturated heterocycles. The van der Waals surface area contributed by atoms with E-state index in [0.29, 0.717) is 36.9 Å². The molecule has 3 aliphatic rings. The molecule has 4 aromatic rings. The monoisotopic (exact) mass is 707 g/mol. The highest BCUT2D eigenvalue weighted by molar-refractivity contribution is 6.22. The summed E-state index contributed by atoms with van der Waals surface area (Å²) in [5, 5.41) is 3.18. The number of amides is 4. The molecule has 0 radical (unpaired) electrons. The largest absolute Gasteiger partial charge is 0.416 e. The second-order valence-corrected chi connectivity index (χ2v) is 14.6. The molecule has 1 saturated carbocycles. The topological polar surface area (TPSA) is 86.8 Å². The third kappa shape index (κ3) is 6.39. The van der Waals surface area contributed by atoms with Crippen LogP contribution in [0.3, 0.4) is 0 Å². The summed E-state index contributed by atoms with van der Waals surface area (Å²) in [6, 6.07) is 23.1. The second kappa shape index (κ2) is 13.4. The fourth-order valence-corrected chi connectivity index (χ4v) is 8.63. The minimum Gasteiger partial charge on any atom is -0.324 e. The van der Waals surface area contributed by atoms with Crippen LogP contribution in [0.4, 0.5) is 18.9 Å². The number of rotatable bonds is 7. The molecule has 7 nitrogen and oxygen atoms in total. The number of alkyl halides is 3. The number of carbonyl (C=O) groups excluding carboxylic acids is 4. The highest BCUT2D eigenvalue weighted by atomic mass is 19.4. The summed E-state index contributed by atoms with van der Waals surface area (Å²) in [4.78, 5) is 59.1. The van der Waals surface area contributed by atoms with Gasteiger partial charge in [0.2, 0.25) is 11.8 Å². The van der Waals surface area contributed by atoms with Gasteiger partial charge >= 0.3 is 6.18 Å². The third-order valence-corrected chi connectivity index (χ3v) is 11.2. The Morgan fingerprint density at radius 3 is 1.96 bits per heavy atom. The first-order valence-corrected chi connectivity index (χ1v) is 17.6. The Bertz CT molecular complexity index is 2030. The van der Waals surface area contributed by atoms with Gasteiger partial charge in [-0.1, -0.05) is 66.2 Å². The van der Waals surface area contributed by atoms with Crippen LogP contribution >= 0.6 is 0 Å². The zero-order valence-corrected chi connectivity index (χ0v) is 29.3. The van der Waals surface area contributed by atoms with E-state index in [4.69, 9.17) is 0 Å². The van der Waals surface area contributed by atoms with Gasteiger partial charge in [0, 0.05) is 12.2 Å². The van der Waals surface area contributed by atoms with Crippen molar-refractivity contribution in [2.75, 3.05) is 11.9 Å². The highest BCUT2D eigenvalue weighted by Crippen LogP contribution is 2.47. The van der Waals surface area contributed by atoms with E-state index in [0.717, 1.165) is 40.1 Å². The first kappa shape index (κ1) is 35.2. The molecule has 268 valence electrons. The minimum atomic E-state index is -4.56. The number of nitrogens with zero attached hydrogens (tertiary/aromatic N) is 2. The number of hydrogen-bond donors (Lipinski definition) is 1. The Kier molecular flexibility index (Phi) is 9.05. The van der Waals surface area contributed by atoms with Crippen LogP contribution in [0.1, 0.15) is 78.9 Å². The lowest BCUT2D eigenvalue weighted by Gasteiger charge is -2.51. The van der Waals surface area contributed by atoms with Crippen LogP contribution in [0, 0.1) is 32.6 Å². The summed E-state index contributed by atoms with van der Waals surface area (Å²) >= 11 is 0. The van der Waals surface area contributed by atoms with E-state index in [1.807, 2.05) is 45.0 Å². The predicted molar refractivity (Wildman–Crippen MR) is 190 cm³/mol. The number of halogens is 3. The highest BCUT2D eigenvalue weighted by Gasteiger charge is 2.53. The molecule has 7 rings (SSSR count). The maximum Gasteiger partial charge on any atom is 0.416 e. The lowest BCUT2D eigenvalue weighted by atomic mass is 9.62. The second-order valence-electron chi connectivity index (χ2n) is 14.6. The third-order valence-electron chi connectivity index (χ3n) is 11.2. The fourth-order valence-electron chi connectivity index (χ4n) is 8.63. The number of fused-ring (bicyclic) bond motifs is 3. The van der Waals surface area contributed by atoms with Crippen LogP contribution in [0.2, 0.25) is 0 Å². The Balaban J connectivity index is 1.31. The molecule has 1 N–H and O–H groups in total. The van der Waals surface area contributed by atoms with Gasteiger partial charge in [-0.2, -0.15) is 13.2 Å². The predicted octanol–water partition coefficient (Wildman–Crippen LogP) is 7.85. The van der Waals surface area contributed by atoms with Crippen molar-refractivity contribution < 1.29 is 32.3 Å². The number of carbonyl (C=O) groups is 4. The van der Waals surface area contributed by atoms with E-state index < -0.39 is 47.5 Å². The van der Waals surface area contributed by atoms with Crippen molar-refractivity contribution in [1.82, 2.24) is 9.80 Å². The molecule has 1 fully saturated rings. The zero-order chi connectivity index (χ0) is 36.9. The van der Waals surface area contributed by atoms with Gasteiger partial charge in [0.15, 0.2) is 0 Å². The van der Waals surface area contributed by atoms with Gasteiger partial charge in [0.25, 0.3) is 11.8 Å². The molecule has 4 aromatic carbocycles. The van der Waals surface area contributed by atoms with Crippen molar-refractivity contribution in [2.24, 2.45) is 11.8 Å². The first-order valence-electron chi connectivity index (χ1n) is 17.6. The molecular weight excluding hydrogens is 667 g/mol. The van der Waals surface area contributed by atoms with Gasteiger partial charge < -0.3 is 10.2 Å². The van der Waals surface area contributed by atoms with Crippen molar-refractivity contribution in [3.63, 3.8) is 0 Å². The van der Waals surface area contributed by atoms with Gasteiger partial charge in [0.1, 0.15) is 12.1 Å². The molecule has 1 aliphatic heterocycles. The molecule has 0 bridgehead atoms. The van der Waals surface area contributed by atoms with Crippen molar-refractivity contribution in [3.05, 3.63) is 135 Å². The van der Waals surface area contributed by atoms with E-state index in [9.17, 15) is 27.6 Å². The van der Waals surface area contributed by atoms with E-state index in [1.165, 1.54) is 40.3 Å². The molecule has 4 amide bonds. The van der Waals surface area contributed by atoms with Gasteiger partial charge in [0.05, 0.1) is 16.7 Å². The smallest absolute Gasteiger partial charge is 0.324 e. The zero-order valence-electron chi connectivity index (χ0n) is 29.3. The SMILES string of the molecule is Cc1cc(C)c(NC(=O)[C@]2(N(Cc3ccc(C(F)(F)F)cc3)C(=O)CN3C(=O)c4ccccc4C3=O)CC[C@@H]3Cc4ccccc4C[C@@H]3C2)c(C)c1. The summed E-state index contributed by atoms with van der Waals surface area (Å²) in [5.41, 5.74) is 4.32. The van der Waals surface area contributed by atoms with E-state index in [1.54, 1.807) is 12.1 Å². The summed E-state index contributed by atoms with van der Waals surface area (Å²) in [5.74, 6) is -1.98. The van der Waals surface area contributed by atoms with Crippen molar-refractivity contribution >= 4 is 29.3 Å². The van der Waals surface area contributed by atoms with E-state index in [2.05, 4.69) is 17.4 Å². The van der Waals surface area contributed by atoms with E-state index >= 15 is 4.79 Å². The van der Waals surface area contributed by atoms with Crippen LogP contribution in [0.15, 0.2) is 84.9 Å². The maximum absolute atomic E-state index is 15.1. The molecule has 1 heterocycles. The number of benzene rings is 4. The van der Waals surface area contributed by atoms with Crippen LogP contribution in [-0.2, 0) is 35.2 Å². The van der Waals surface area contributed by atoms with E-state index in [-0.39, 0.29) is 29.5 Å². The quantitative estimate of drug-likeness (QED) is 0.198. The Hall–Kier alpha value is -5.25. The molecule has 0 aromatic heterocycles. The summed E-state index contributed by atoms with van der Waals surface area (Å²) < 4.78 is 40.7. The molecule has 2 aliphatic carbocycles. The number of anilines is 1. The minimum absolute atomic E-state index is 0.0248. The van der Waals surface area contributed by atoms with Crippen molar-refractivity contribution in [3.8, 4) is 0 Å². The molecular formula is C42H40F3N3O4. The maximum atomic E-state index is 15.1. The number of hydrogen-bond acceptors (Lipinski definition) is 4. The normalized spacial score (nSPS) is 20.9. The lowest BCUT2D eigenvalue weighted by Crippen LogP contribution is -2.63. The van der Waals surface area contributed by atoms with Crippen molar-refractivity contribution in [1.29, 1.82) is 0 Å². The first-order chi connectivity index (χ1) is 24.7. The van der Waals surface area contributed by atoms with Gasteiger partial charge in [-0.15, -0.1) is 0 Å². The van der Waals surface area contributed by atoms with Crippen LogP contribution in [-0.4, -0.2) is 45.5 Å². The molecule has 3 atom stereocenters. The Morgan fingerprint density at radius 1 is 0.827 bits per heavy atom. The molecule has 0 unspecified atom stereocenters. The average molecular weight is 708 g/mol. The molecule has 0 spiro atoms. The van der Waals surface area contributed by atoms with Crippen LogP contribution in [0.25, 0.3) is 0 Å². The summed E-state index contributed by atoms with van der Waals surface area (Å²) in [7, 11) is 0. The average Bonchev–Trinajstić information content (AvgIpc) is 3.35. The Labute approximate surface area is 300 Å². The summed E-state index contributed by atoms with van der Waals surface area (Å²) in [6.45, 7) is 4.96. The van der Waals surface area contributed by atoms with Gasteiger partial charge in [-0.25, -0.2) is 0 Å². The van der Waals surface area contributed by atoms with Crippen LogP contribution in [0.5, 0.6) is 0 Å². The number of imide groups is 1. The van der Waals surface area contributed by atoms with Gasteiger partial charge in [-0.3, -0.25) is 24.1 Å². The number of aryl methyl sites for hydroxylation is 3. The Morgan fingerprint density at radius 2 is 1.38 bits per heavy atom. The fraction of sp³-hybridized carbons (Fsp3) is 0.333. The summed E-state index contributed by atoms with van der Waals surface area (Å²) in [6.07, 6.45) is -1.78. The number of nitrogens with one attached hydrogen (secondary N) is 1.